The molecule has 0 bridgehead atoms. The van der Waals surface area contributed by atoms with Crippen LogP contribution in [0.2, 0.25) is 0 Å². The summed E-state index contributed by atoms with van der Waals surface area (Å²) in [6, 6.07) is 14.7. The highest BCUT2D eigenvalue weighted by Crippen LogP contribution is 2.68. The van der Waals surface area contributed by atoms with Crippen molar-refractivity contribution < 1.29 is 5.11 Å². The molecule has 1 aliphatic heterocycles. The summed E-state index contributed by atoms with van der Waals surface area (Å²) in [5, 5.41) is 11.8. The molecule has 1 aliphatic carbocycles. The van der Waals surface area contributed by atoms with Gasteiger partial charge in [-0.1, -0.05) is 58.0 Å². The summed E-state index contributed by atoms with van der Waals surface area (Å²) in [6.45, 7) is 12.9. The minimum Gasteiger partial charge on any atom is -0.384 e. The molecule has 4 rings (SSSR count). The molecule has 2 fully saturated rings. The maximum absolute atomic E-state index is 11.8. The predicted molar refractivity (Wildman–Crippen MR) is 110 cm³/mol. The van der Waals surface area contributed by atoms with Crippen LogP contribution in [-0.2, 0) is 5.60 Å². The van der Waals surface area contributed by atoms with Crippen molar-refractivity contribution in [2.24, 2.45) is 10.8 Å². The molecular weight excluding hydrogens is 334 g/mol. The first-order valence-electron chi connectivity index (χ1n) is 9.97. The summed E-state index contributed by atoms with van der Waals surface area (Å²) in [5.41, 5.74) is 0.977. The highest BCUT2D eigenvalue weighted by Gasteiger charge is 2.73. The molecule has 144 valence electrons. The molecule has 0 atom stereocenters. The Hall–Kier alpha value is -1.91. The van der Waals surface area contributed by atoms with Crippen LogP contribution >= 0.6 is 0 Å². The fourth-order valence-corrected chi connectivity index (χ4v) is 6.17. The van der Waals surface area contributed by atoms with E-state index in [2.05, 4.69) is 60.7 Å². The minimum absolute atomic E-state index is 0.214. The van der Waals surface area contributed by atoms with Gasteiger partial charge in [0, 0.05) is 49.2 Å². The second-order valence-electron chi connectivity index (χ2n) is 9.16. The Bertz CT molecular complexity index is 764. The van der Waals surface area contributed by atoms with Crippen molar-refractivity contribution in [1.29, 1.82) is 0 Å². The normalized spacial score (nSPS) is 30.0. The van der Waals surface area contributed by atoms with E-state index >= 15 is 0 Å². The first-order chi connectivity index (χ1) is 12.8. The lowest BCUT2D eigenvalue weighted by molar-refractivity contribution is -0.307. The Kier molecular flexibility index (Phi) is 4.32. The number of hydrogen-bond acceptors (Lipinski definition) is 4. The second kappa shape index (κ2) is 6.32. The van der Waals surface area contributed by atoms with Crippen LogP contribution in [0, 0.1) is 10.8 Å². The van der Waals surface area contributed by atoms with Gasteiger partial charge in [0.15, 0.2) is 0 Å². The number of aliphatic hydroxyl groups is 1. The molecule has 1 aromatic carbocycles. The predicted octanol–water partition coefficient (Wildman–Crippen LogP) is 3.53. The third-order valence-electron chi connectivity index (χ3n) is 7.11. The SMILES string of the molecule is CC1(C)C(N2CCN(c3cccnc3)CC2)C(C)(C)C1(O)c1ccccc1. The van der Waals surface area contributed by atoms with Crippen LogP contribution in [0.1, 0.15) is 33.3 Å². The Morgan fingerprint density at radius 3 is 2.07 bits per heavy atom. The number of piperazine rings is 1. The zero-order valence-corrected chi connectivity index (χ0v) is 16.9. The van der Waals surface area contributed by atoms with Gasteiger partial charge in [-0.3, -0.25) is 9.88 Å². The Labute approximate surface area is 162 Å². The minimum atomic E-state index is -0.827. The van der Waals surface area contributed by atoms with Gasteiger partial charge in [0.05, 0.1) is 11.9 Å². The maximum Gasteiger partial charge on any atom is 0.103 e. The topological polar surface area (TPSA) is 39.6 Å². The van der Waals surface area contributed by atoms with Gasteiger partial charge < -0.3 is 10.0 Å². The summed E-state index contributed by atoms with van der Waals surface area (Å²) in [5.74, 6) is 0. The zero-order chi connectivity index (χ0) is 19.3. The number of rotatable bonds is 3. The molecule has 1 N–H and O–H groups in total. The van der Waals surface area contributed by atoms with Crippen molar-refractivity contribution in [1.82, 2.24) is 9.88 Å². The number of aromatic nitrogens is 1. The van der Waals surface area contributed by atoms with Crippen molar-refractivity contribution in [3.05, 3.63) is 60.4 Å². The van der Waals surface area contributed by atoms with Crippen LogP contribution in [-0.4, -0.2) is 47.2 Å². The molecule has 2 heterocycles. The number of nitrogens with zero attached hydrogens (tertiary/aromatic N) is 3. The molecular formula is C23H31N3O. The van der Waals surface area contributed by atoms with E-state index < -0.39 is 5.60 Å². The molecule has 0 radical (unpaired) electrons. The van der Waals surface area contributed by atoms with E-state index in [-0.39, 0.29) is 10.8 Å². The van der Waals surface area contributed by atoms with E-state index in [1.165, 1.54) is 5.69 Å². The summed E-state index contributed by atoms with van der Waals surface area (Å²) < 4.78 is 0. The average Bonchev–Trinajstić information content (AvgIpc) is 2.68. The van der Waals surface area contributed by atoms with Crippen molar-refractivity contribution >= 4 is 5.69 Å². The molecule has 4 nitrogen and oxygen atoms in total. The fourth-order valence-electron chi connectivity index (χ4n) is 6.17. The molecule has 27 heavy (non-hydrogen) atoms. The number of anilines is 1. The lowest BCUT2D eigenvalue weighted by Crippen LogP contribution is -2.79. The third-order valence-corrected chi connectivity index (χ3v) is 7.11. The first-order valence-corrected chi connectivity index (χ1v) is 9.97. The van der Waals surface area contributed by atoms with E-state index in [4.69, 9.17) is 0 Å². The number of benzene rings is 1. The average molecular weight is 366 g/mol. The van der Waals surface area contributed by atoms with E-state index in [1.54, 1.807) is 0 Å². The van der Waals surface area contributed by atoms with Gasteiger partial charge in [-0.15, -0.1) is 0 Å². The zero-order valence-electron chi connectivity index (χ0n) is 16.9. The van der Waals surface area contributed by atoms with Gasteiger partial charge in [0.1, 0.15) is 5.60 Å². The molecule has 0 unspecified atom stereocenters. The third kappa shape index (κ3) is 2.54. The van der Waals surface area contributed by atoms with Gasteiger partial charge in [-0.2, -0.15) is 0 Å². The van der Waals surface area contributed by atoms with Crippen molar-refractivity contribution in [2.75, 3.05) is 31.1 Å². The van der Waals surface area contributed by atoms with Crippen LogP contribution in [0.3, 0.4) is 0 Å². The quantitative estimate of drug-likeness (QED) is 0.903. The van der Waals surface area contributed by atoms with Crippen LogP contribution < -0.4 is 4.90 Å². The van der Waals surface area contributed by atoms with Crippen LogP contribution in [0.15, 0.2) is 54.9 Å². The molecule has 4 heteroatoms. The van der Waals surface area contributed by atoms with Gasteiger partial charge in [0.2, 0.25) is 0 Å². The monoisotopic (exact) mass is 365 g/mol. The van der Waals surface area contributed by atoms with E-state index in [0.29, 0.717) is 6.04 Å². The Morgan fingerprint density at radius 1 is 0.889 bits per heavy atom. The molecule has 1 saturated heterocycles. The van der Waals surface area contributed by atoms with E-state index in [0.717, 1.165) is 31.7 Å². The summed E-state index contributed by atoms with van der Waals surface area (Å²) in [4.78, 5) is 9.25. The summed E-state index contributed by atoms with van der Waals surface area (Å²) >= 11 is 0. The summed E-state index contributed by atoms with van der Waals surface area (Å²) in [7, 11) is 0. The van der Waals surface area contributed by atoms with Gasteiger partial charge in [-0.05, 0) is 17.7 Å². The van der Waals surface area contributed by atoms with Crippen molar-refractivity contribution in [3.63, 3.8) is 0 Å². The Balaban J connectivity index is 1.54. The highest BCUT2D eigenvalue weighted by molar-refractivity contribution is 5.44. The molecule has 1 saturated carbocycles. The Morgan fingerprint density at radius 2 is 1.52 bits per heavy atom. The van der Waals surface area contributed by atoms with Crippen molar-refractivity contribution in [3.8, 4) is 0 Å². The molecule has 1 aromatic heterocycles. The lowest BCUT2D eigenvalue weighted by atomic mass is 9.39. The largest absolute Gasteiger partial charge is 0.384 e. The molecule has 0 spiro atoms. The molecule has 0 amide bonds. The van der Waals surface area contributed by atoms with Gasteiger partial charge in [-0.25, -0.2) is 0 Å². The van der Waals surface area contributed by atoms with E-state index in [1.807, 2.05) is 36.7 Å². The maximum atomic E-state index is 11.8. The molecule has 2 aliphatic rings. The van der Waals surface area contributed by atoms with Gasteiger partial charge >= 0.3 is 0 Å². The number of hydrogen-bond donors (Lipinski definition) is 1. The van der Waals surface area contributed by atoms with Crippen molar-refractivity contribution in [2.45, 2.75) is 39.3 Å². The standard InChI is InChI=1S/C23H31N3O/c1-21(2)20(22(3,4)23(21,27)18-9-6-5-7-10-18)26-15-13-25(14-16-26)19-11-8-12-24-17-19/h5-12,17,20,27H,13-16H2,1-4H3. The second-order valence-corrected chi connectivity index (χ2v) is 9.16. The lowest BCUT2D eigenvalue weighted by Gasteiger charge is -2.72. The van der Waals surface area contributed by atoms with Crippen LogP contribution in [0.4, 0.5) is 5.69 Å². The first kappa shape index (κ1) is 18.5. The number of pyridine rings is 1. The summed E-state index contributed by atoms with van der Waals surface area (Å²) in [6.07, 6.45) is 3.77. The fraction of sp³-hybridized carbons (Fsp3) is 0.522. The highest BCUT2D eigenvalue weighted by atomic mass is 16.3. The van der Waals surface area contributed by atoms with Crippen LogP contribution in [0.25, 0.3) is 0 Å². The van der Waals surface area contributed by atoms with Crippen LogP contribution in [0.5, 0.6) is 0 Å². The van der Waals surface area contributed by atoms with Gasteiger partial charge in [0.25, 0.3) is 0 Å². The molecule has 2 aromatic rings. The van der Waals surface area contributed by atoms with E-state index in [9.17, 15) is 5.11 Å². The smallest absolute Gasteiger partial charge is 0.103 e.